The summed E-state index contributed by atoms with van der Waals surface area (Å²) in [5, 5.41) is 3.28. The van der Waals surface area contributed by atoms with Crippen LogP contribution >= 0.6 is 0 Å². The fraction of sp³-hybridized carbons (Fsp3) is 0.706. The van der Waals surface area contributed by atoms with Gasteiger partial charge in [-0.1, -0.05) is 6.42 Å². The van der Waals surface area contributed by atoms with Gasteiger partial charge in [0.1, 0.15) is 5.76 Å². The second kappa shape index (κ2) is 4.64. The molecular formula is C17H23NO2. The second-order valence-corrected chi connectivity index (χ2v) is 7.10. The fourth-order valence-corrected chi connectivity index (χ4v) is 4.65. The molecule has 3 fully saturated rings. The van der Waals surface area contributed by atoms with Crippen molar-refractivity contribution in [2.75, 3.05) is 0 Å². The molecule has 3 heteroatoms. The standard InChI is InChI=1S/C17H23NO2/c1-10(13-8-11-4-5-12(13)7-11)18-17(19)15-9-14(15)16-3-2-6-20-16/h2-3,6,10-15H,4-5,7-9H2,1H3,(H,18,19). The maximum absolute atomic E-state index is 12.3. The fourth-order valence-electron chi connectivity index (χ4n) is 4.65. The summed E-state index contributed by atoms with van der Waals surface area (Å²) in [6, 6.07) is 4.23. The Bertz CT molecular complexity index is 495. The van der Waals surface area contributed by atoms with E-state index >= 15 is 0 Å². The van der Waals surface area contributed by atoms with Crippen molar-refractivity contribution in [2.24, 2.45) is 23.7 Å². The molecule has 2 bridgehead atoms. The molecule has 20 heavy (non-hydrogen) atoms. The lowest BCUT2D eigenvalue weighted by atomic mass is 9.84. The van der Waals surface area contributed by atoms with E-state index in [0.29, 0.717) is 12.0 Å². The molecule has 0 radical (unpaired) electrons. The van der Waals surface area contributed by atoms with Crippen molar-refractivity contribution in [1.29, 1.82) is 0 Å². The Kier molecular flexibility index (Phi) is 2.90. The molecule has 0 spiro atoms. The van der Waals surface area contributed by atoms with E-state index in [1.54, 1.807) is 6.26 Å². The molecule has 6 unspecified atom stereocenters. The first-order chi connectivity index (χ1) is 9.72. The molecular weight excluding hydrogens is 250 g/mol. The van der Waals surface area contributed by atoms with E-state index in [-0.39, 0.29) is 11.8 Å². The number of carbonyl (C=O) groups excluding carboxylic acids is 1. The number of rotatable bonds is 4. The molecule has 1 aromatic heterocycles. The van der Waals surface area contributed by atoms with Gasteiger partial charge < -0.3 is 9.73 Å². The van der Waals surface area contributed by atoms with Crippen molar-refractivity contribution >= 4 is 5.91 Å². The zero-order valence-electron chi connectivity index (χ0n) is 12.0. The highest BCUT2D eigenvalue weighted by atomic mass is 16.3. The Morgan fingerprint density at radius 1 is 1.35 bits per heavy atom. The zero-order chi connectivity index (χ0) is 13.7. The Balaban J connectivity index is 1.32. The summed E-state index contributed by atoms with van der Waals surface area (Å²) in [5.74, 6) is 4.20. The van der Waals surface area contributed by atoms with Gasteiger partial charge in [0.2, 0.25) is 5.91 Å². The molecule has 6 atom stereocenters. The average Bonchev–Trinajstić information content (AvgIpc) is 2.90. The summed E-state index contributed by atoms with van der Waals surface area (Å²) in [4.78, 5) is 12.3. The van der Waals surface area contributed by atoms with E-state index in [1.807, 2.05) is 12.1 Å². The largest absolute Gasteiger partial charge is 0.469 e. The van der Waals surface area contributed by atoms with Gasteiger partial charge in [-0.25, -0.2) is 0 Å². The van der Waals surface area contributed by atoms with Crippen LogP contribution in [-0.2, 0) is 4.79 Å². The molecule has 0 aliphatic heterocycles. The lowest BCUT2D eigenvalue weighted by Crippen LogP contribution is -2.41. The number of carbonyl (C=O) groups is 1. The number of nitrogens with one attached hydrogen (secondary N) is 1. The first-order valence-electron chi connectivity index (χ1n) is 8.06. The minimum atomic E-state index is 0.141. The maximum Gasteiger partial charge on any atom is 0.224 e. The predicted molar refractivity (Wildman–Crippen MR) is 76.1 cm³/mol. The zero-order valence-corrected chi connectivity index (χ0v) is 12.0. The van der Waals surface area contributed by atoms with Gasteiger partial charge in [-0.15, -0.1) is 0 Å². The molecule has 3 aliphatic rings. The Morgan fingerprint density at radius 3 is 2.90 bits per heavy atom. The van der Waals surface area contributed by atoms with Crippen molar-refractivity contribution in [2.45, 2.75) is 51.0 Å². The van der Waals surface area contributed by atoms with E-state index < -0.39 is 0 Å². The molecule has 3 saturated carbocycles. The minimum absolute atomic E-state index is 0.141. The molecule has 1 N–H and O–H groups in total. The SMILES string of the molecule is CC(NC(=O)C1CC1c1ccco1)C1CC2CCC1C2. The Morgan fingerprint density at radius 2 is 2.25 bits per heavy atom. The van der Waals surface area contributed by atoms with E-state index in [2.05, 4.69) is 12.2 Å². The number of furan rings is 1. The van der Waals surface area contributed by atoms with Crippen LogP contribution in [0, 0.1) is 23.7 Å². The molecule has 3 aliphatic carbocycles. The summed E-state index contributed by atoms with van der Waals surface area (Å²) in [5.41, 5.74) is 0. The van der Waals surface area contributed by atoms with Crippen LogP contribution in [0.3, 0.4) is 0 Å². The van der Waals surface area contributed by atoms with Crippen LogP contribution in [0.4, 0.5) is 0 Å². The number of hydrogen-bond donors (Lipinski definition) is 1. The van der Waals surface area contributed by atoms with E-state index in [1.165, 1.54) is 25.7 Å². The van der Waals surface area contributed by atoms with Crippen LogP contribution in [0.5, 0.6) is 0 Å². The van der Waals surface area contributed by atoms with Gasteiger partial charge >= 0.3 is 0 Å². The normalized spacial score (nSPS) is 39.8. The van der Waals surface area contributed by atoms with E-state index in [0.717, 1.165) is 29.9 Å². The summed E-state index contributed by atoms with van der Waals surface area (Å²) in [6.07, 6.45) is 8.18. The van der Waals surface area contributed by atoms with Crippen LogP contribution in [0.15, 0.2) is 22.8 Å². The van der Waals surface area contributed by atoms with Crippen LogP contribution in [0.25, 0.3) is 0 Å². The Hall–Kier alpha value is -1.25. The first kappa shape index (κ1) is 12.5. The van der Waals surface area contributed by atoms with E-state index in [4.69, 9.17) is 4.42 Å². The second-order valence-electron chi connectivity index (χ2n) is 7.10. The van der Waals surface area contributed by atoms with Crippen LogP contribution in [-0.4, -0.2) is 11.9 Å². The smallest absolute Gasteiger partial charge is 0.224 e. The quantitative estimate of drug-likeness (QED) is 0.914. The highest BCUT2D eigenvalue weighted by Gasteiger charge is 2.47. The van der Waals surface area contributed by atoms with Gasteiger partial charge in [0.15, 0.2) is 0 Å². The molecule has 1 amide bonds. The summed E-state index contributed by atoms with van der Waals surface area (Å²) in [6.45, 7) is 2.20. The number of amides is 1. The van der Waals surface area contributed by atoms with Crippen molar-refractivity contribution in [3.8, 4) is 0 Å². The molecule has 1 aromatic rings. The van der Waals surface area contributed by atoms with Gasteiger partial charge in [0.05, 0.1) is 6.26 Å². The van der Waals surface area contributed by atoms with Crippen LogP contribution in [0.2, 0.25) is 0 Å². The molecule has 108 valence electrons. The summed E-state index contributed by atoms with van der Waals surface area (Å²) in [7, 11) is 0. The lowest BCUT2D eigenvalue weighted by Gasteiger charge is -2.28. The maximum atomic E-state index is 12.3. The van der Waals surface area contributed by atoms with Crippen LogP contribution in [0.1, 0.15) is 50.7 Å². The topological polar surface area (TPSA) is 42.2 Å². The van der Waals surface area contributed by atoms with Gasteiger partial charge in [-0.05, 0) is 62.5 Å². The van der Waals surface area contributed by atoms with Crippen molar-refractivity contribution in [1.82, 2.24) is 5.32 Å². The third kappa shape index (κ3) is 2.07. The summed E-state index contributed by atoms with van der Waals surface area (Å²) < 4.78 is 5.40. The highest BCUT2D eigenvalue weighted by molar-refractivity contribution is 5.82. The Labute approximate surface area is 120 Å². The van der Waals surface area contributed by atoms with Crippen molar-refractivity contribution < 1.29 is 9.21 Å². The lowest BCUT2D eigenvalue weighted by molar-refractivity contribution is -0.123. The number of hydrogen-bond acceptors (Lipinski definition) is 2. The molecule has 0 saturated heterocycles. The van der Waals surface area contributed by atoms with Gasteiger partial charge in [-0.3, -0.25) is 4.79 Å². The van der Waals surface area contributed by atoms with Gasteiger partial charge in [0.25, 0.3) is 0 Å². The van der Waals surface area contributed by atoms with E-state index in [9.17, 15) is 4.79 Å². The van der Waals surface area contributed by atoms with Gasteiger partial charge in [0, 0.05) is 17.9 Å². The monoisotopic (exact) mass is 273 g/mol. The number of fused-ring (bicyclic) bond motifs is 2. The third-order valence-corrected chi connectivity index (χ3v) is 5.84. The van der Waals surface area contributed by atoms with Crippen molar-refractivity contribution in [3.05, 3.63) is 24.2 Å². The molecule has 0 aromatic carbocycles. The molecule has 3 nitrogen and oxygen atoms in total. The van der Waals surface area contributed by atoms with Crippen molar-refractivity contribution in [3.63, 3.8) is 0 Å². The third-order valence-electron chi connectivity index (χ3n) is 5.84. The van der Waals surface area contributed by atoms with Crippen LogP contribution < -0.4 is 5.32 Å². The first-order valence-corrected chi connectivity index (χ1v) is 8.06. The molecule has 1 heterocycles. The molecule has 4 rings (SSSR count). The van der Waals surface area contributed by atoms with Gasteiger partial charge in [-0.2, -0.15) is 0 Å². The minimum Gasteiger partial charge on any atom is -0.469 e. The predicted octanol–water partition coefficient (Wildman–Crippen LogP) is 3.32. The summed E-state index contributed by atoms with van der Waals surface area (Å²) >= 11 is 0. The average molecular weight is 273 g/mol. The highest BCUT2D eigenvalue weighted by Crippen LogP contribution is 2.50.